The number of hydrogen-bond donors (Lipinski definition) is 1. The zero-order chi connectivity index (χ0) is 17.1. The van der Waals surface area contributed by atoms with Crippen molar-refractivity contribution in [2.75, 3.05) is 19.5 Å². The summed E-state index contributed by atoms with van der Waals surface area (Å²) in [4.78, 5) is 12.4. The zero-order valence-electron chi connectivity index (χ0n) is 13.1. The van der Waals surface area contributed by atoms with E-state index in [1.54, 1.807) is 18.2 Å². The number of fused-ring (bicyclic) bond motifs is 1. The van der Waals surface area contributed by atoms with E-state index in [-0.39, 0.29) is 12.3 Å². The third kappa shape index (κ3) is 3.14. The Morgan fingerprint density at radius 3 is 2.71 bits per heavy atom. The molecule has 1 heterocycles. The number of para-hydroxylation sites is 1. The van der Waals surface area contributed by atoms with Gasteiger partial charge in [-0.3, -0.25) is 4.79 Å². The van der Waals surface area contributed by atoms with E-state index >= 15 is 0 Å². The molecule has 124 valence electrons. The zero-order valence-corrected chi connectivity index (χ0v) is 13.9. The molecule has 7 heteroatoms. The second kappa shape index (κ2) is 6.80. The van der Waals surface area contributed by atoms with Crippen LogP contribution in [0.4, 0.5) is 5.69 Å². The Morgan fingerprint density at radius 2 is 1.96 bits per heavy atom. The van der Waals surface area contributed by atoms with Crippen molar-refractivity contribution < 1.29 is 18.8 Å². The molecule has 24 heavy (non-hydrogen) atoms. The Labute approximate surface area is 143 Å². The van der Waals surface area contributed by atoms with Crippen molar-refractivity contribution in [2.24, 2.45) is 0 Å². The van der Waals surface area contributed by atoms with Gasteiger partial charge in [-0.05, 0) is 12.1 Å². The lowest BCUT2D eigenvalue weighted by Crippen LogP contribution is -2.15. The minimum absolute atomic E-state index is 0.0745. The fourth-order valence-electron chi connectivity index (χ4n) is 2.37. The Kier molecular flexibility index (Phi) is 4.57. The lowest BCUT2D eigenvalue weighted by Gasteiger charge is -2.12. The molecule has 0 bridgehead atoms. The van der Waals surface area contributed by atoms with E-state index in [1.165, 1.54) is 14.2 Å². The first-order chi connectivity index (χ1) is 11.6. The molecule has 2 aromatic carbocycles. The van der Waals surface area contributed by atoms with Crippen molar-refractivity contribution in [1.29, 1.82) is 0 Å². The van der Waals surface area contributed by atoms with Crippen molar-refractivity contribution in [3.63, 3.8) is 0 Å². The Morgan fingerprint density at radius 1 is 1.21 bits per heavy atom. The summed E-state index contributed by atoms with van der Waals surface area (Å²) in [5, 5.41) is 7.95. The van der Waals surface area contributed by atoms with Gasteiger partial charge in [-0.2, -0.15) is 0 Å². The summed E-state index contributed by atoms with van der Waals surface area (Å²) >= 11 is 6.06. The maximum atomic E-state index is 12.4. The number of methoxy groups -OCH3 is 2. The number of nitrogens with zero attached hydrogens (tertiary/aromatic N) is 1. The van der Waals surface area contributed by atoms with Crippen LogP contribution in [0.25, 0.3) is 11.0 Å². The molecule has 0 aliphatic rings. The normalized spacial score (nSPS) is 10.6. The van der Waals surface area contributed by atoms with Gasteiger partial charge in [0.25, 0.3) is 0 Å². The van der Waals surface area contributed by atoms with E-state index in [2.05, 4.69) is 10.5 Å². The molecule has 0 radical (unpaired) electrons. The number of hydrogen-bond acceptors (Lipinski definition) is 5. The molecular weight excluding hydrogens is 332 g/mol. The molecule has 0 aliphatic heterocycles. The van der Waals surface area contributed by atoms with Gasteiger partial charge < -0.3 is 19.3 Å². The molecule has 0 saturated carbocycles. The third-order valence-electron chi connectivity index (χ3n) is 3.53. The predicted octanol–water partition coefficient (Wildman–Crippen LogP) is 3.68. The van der Waals surface area contributed by atoms with Crippen molar-refractivity contribution >= 4 is 34.2 Å². The van der Waals surface area contributed by atoms with Gasteiger partial charge in [0.1, 0.15) is 17.2 Å². The Bertz CT molecular complexity index is 891. The summed E-state index contributed by atoms with van der Waals surface area (Å²) < 4.78 is 15.6. The van der Waals surface area contributed by atoms with E-state index in [1.807, 2.05) is 18.2 Å². The number of aromatic nitrogens is 1. The van der Waals surface area contributed by atoms with E-state index in [4.69, 9.17) is 25.6 Å². The summed E-state index contributed by atoms with van der Waals surface area (Å²) in [6.07, 6.45) is 0.0745. The molecule has 0 saturated heterocycles. The van der Waals surface area contributed by atoms with Crippen molar-refractivity contribution in [2.45, 2.75) is 6.42 Å². The first kappa shape index (κ1) is 16.1. The summed E-state index contributed by atoms with van der Waals surface area (Å²) in [6.45, 7) is 0. The van der Waals surface area contributed by atoms with Crippen LogP contribution >= 0.6 is 11.6 Å². The molecule has 1 aromatic heterocycles. The van der Waals surface area contributed by atoms with Gasteiger partial charge in [0.05, 0.1) is 31.4 Å². The predicted molar refractivity (Wildman–Crippen MR) is 90.9 cm³/mol. The van der Waals surface area contributed by atoms with Crippen LogP contribution in [-0.4, -0.2) is 25.3 Å². The summed E-state index contributed by atoms with van der Waals surface area (Å²) in [6, 6.07) is 10.6. The van der Waals surface area contributed by atoms with Crippen LogP contribution in [0.2, 0.25) is 5.02 Å². The molecule has 0 fully saturated rings. The number of benzene rings is 2. The molecule has 3 rings (SSSR count). The SMILES string of the molecule is COc1cc(NC(=O)Cc2noc3ccccc23)c(OC)cc1Cl. The van der Waals surface area contributed by atoms with Crippen molar-refractivity contribution in [3.05, 3.63) is 47.1 Å². The number of anilines is 1. The first-order valence-corrected chi connectivity index (χ1v) is 7.55. The maximum Gasteiger partial charge on any atom is 0.230 e. The van der Waals surface area contributed by atoms with Crippen LogP contribution in [0.1, 0.15) is 5.69 Å². The lowest BCUT2D eigenvalue weighted by atomic mass is 10.1. The molecule has 6 nitrogen and oxygen atoms in total. The van der Waals surface area contributed by atoms with Crippen molar-refractivity contribution in [1.82, 2.24) is 5.16 Å². The first-order valence-electron chi connectivity index (χ1n) is 7.17. The number of ether oxygens (including phenoxy) is 2. The van der Waals surface area contributed by atoms with Gasteiger partial charge in [0.15, 0.2) is 5.58 Å². The standard InChI is InChI=1S/C17H15ClN2O4/c1-22-15-8-13(16(23-2)7-11(15)18)19-17(21)9-12-10-5-3-4-6-14(10)24-20-12/h3-8H,9H2,1-2H3,(H,19,21). The molecule has 3 aromatic rings. The van der Waals surface area contributed by atoms with Gasteiger partial charge in [0, 0.05) is 17.5 Å². The molecule has 0 unspecified atom stereocenters. The van der Waals surface area contributed by atoms with Crippen LogP contribution in [0, 0.1) is 0 Å². The third-order valence-corrected chi connectivity index (χ3v) is 3.82. The highest BCUT2D eigenvalue weighted by Crippen LogP contribution is 2.36. The fraction of sp³-hybridized carbons (Fsp3) is 0.176. The van der Waals surface area contributed by atoms with Crippen LogP contribution in [-0.2, 0) is 11.2 Å². The van der Waals surface area contributed by atoms with E-state index < -0.39 is 0 Å². The molecule has 0 spiro atoms. The average Bonchev–Trinajstić information content (AvgIpc) is 2.99. The highest BCUT2D eigenvalue weighted by molar-refractivity contribution is 6.32. The minimum Gasteiger partial charge on any atom is -0.495 e. The highest BCUT2D eigenvalue weighted by Gasteiger charge is 2.15. The lowest BCUT2D eigenvalue weighted by molar-refractivity contribution is -0.115. The van der Waals surface area contributed by atoms with Crippen molar-refractivity contribution in [3.8, 4) is 11.5 Å². The number of halogens is 1. The van der Waals surface area contributed by atoms with Crippen LogP contribution in [0.3, 0.4) is 0 Å². The number of carbonyl (C=O) groups is 1. The smallest absolute Gasteiger partial charge is 0.230 e. The van der Waals surface area contributed by atoms with Gasteiger partial charge in [0.2, 0.25) is 5.91 Å². The molecular formula is C17H15ClN2O4. The molecule has 0 aliphatic carbocycles. The second-order valence-corrected chi connectivity index (χ2v) is 5.44. The monoisotopic (exact) mass is 346 g/mol. The molecule has 1 amide bonds. The number of nitrogens with one attached hydrogen (secondary N) is 1. The average molecular weight is 347 g/mol. The second-order valence-electron chi connectivity index (χ2n) is 5.04. The van der Waals surface area contributed by atoms with Crippen LogP contribution in [0.15, 0.2) is 40.9 Å². The summed E-state index contributed by atoms with van der Waals surface area (Å²) in [5.74, 6) is 0.635. The molecule has 1 N–H and O–H groups in total. The van der Waals surface area contributed by atoms with Gasteiger partial charge >= 0.3 is 0 Å². The van der Waals surface area contributed by atoms with Crippen LogP contribution < -0.4 is 14.8 Å². The summed E-state index contributed by atoms with van der Waals surface area (Å²) in [5.41, 5.74) is 1.69. The largest absolute Gasteiger partial charge is 0.495 e. The fourth-order valence-corrected chi connectivity index (χ4v) is 2.60. The number of amides is 1. The summed E-state index contributed by atoms with van der Waals surface area (Å²) in [7, 11) is 3.00. The van der Waals surface area contributed by atoms with Crippen LogP contribution in [0.5, 0.6) is 11.5 Å². The Balaban J connectivity index is 1.82. The van der Waals surface area contributed by atoms with E-state index in [9.17, 15) is 4.79 Å². The van der Waals surface area contributed by atoms with E-state index in [0.29, 0.717) is 33.5 Å². The molecule has 0 atom stereocenters. The van der Waals surface area contributed by atoms with Gasteiger partial charge in [-0.25, -0.2) is 0 Å². The van der Waals surface area contributed by atoms with E-state index in [0.717, 1.165) is 5.39 Å². The maximum absolute atomic E-state index is 12.4. The number of carbonyl (C=O) groups excluding carboxylic acids is 1. The number of rotatable bonds is 5. The van der Waals surface area contributed by atoms with Gasteiger partial charge in [-0.1, -0.05) is 28.9 Å². The van der Waals surface area contributed by atoms with Gasteiger partial charge in [-0.15, -0.1) is 0 Å². The topological polar surface area (TPSA) is 73.6 Å². The Hall–Kier alpha value is -2.73. The quantitative estimate of drug-likeness (QED) is 0.762. The highest BCUT2D eigenvalue weighted by atomic mass is 35.5. The minimum atomic E-state index is -0.253.